The lowest BCUT2D eigenvalue weighted by Crippen LogP contribution is -1.99. The standard InChI is InChI=1S/C10H7Br3N2/c11-10(12,13)9-14-6-8(15-9)7-4-2-1-3-5-7/h1-6H,(H,14,15). The average molecular weight is 395 g/mol. The maximum atomic E-state index is 4.27. The Kier molecular flexibility index (Phi) is 3.33. The van der Waals surface area contributed by atoms with Gasteiger partial charge in [0.05, 0.1) is 11.9 Å². The van der Waals surface area contributed by atoms with E-state index in [0.717, 1.165) is 17.1 Å². The molecule has 1 aromatic heterocycles. The van der Waals surface area contributed by atoms with Crippen LogP contribution in [-0.4, -0.2) is 9.97 Å². The van der Waals surface area contributed by atoms with Gasteiger partial charge in [-0.1, -0.05) is 78.1 Å². The first-order valence-corrected chi connectivity index (χ1v) is 6.63. The third kappa shape index (κ3) is 2.71. The fraction of sp³-hybridized carbons (Fsp3) is 0.100. The number of halogens is 3. The van der Waals surface area contributed by atoms with Crippen molar-refractivity contribution in [1.82, 2.24) is 9.97 Å². The summed E-state index contributed by atoms with van der Waals surface area (Å²) in [7, 11) is 0. The molecule has 0 aliphatic rings. The van der Waals surface area contributed by atoms with Gasteiger partial charge in [-0.3, -0.25) is 0 Å². The maximum Gasteiger partial charge on any atom is 0.192 e. The van der Waals surface area contributed by atoms with E-state index in [4.69, 9.17) is 0 Å². The SMILES string of the molecule is BrC(Br)(Br)c1ncc(-c2ccccc2)[nH]1. The normalized spacial score (nSPS) is 11.7. The van der Waals surface area contributed by atoms with E-state index < -0.39 is 2.14 Å². The van der Waals surface area contributed by atoms with E-state index in [9.17, 15) is 0 Å². The van der Waals surface area contributed by atoms with Crippen molar-refractivity contribution >= 4 is 47.8 Å². The van der Waals surface area contributed by atoms with Crippen LogP contribution in [0.1, 0.15) is 5.82 Å². The minimum Gasteiger partial charge on any atom is -0.339 e. The molecule has 0 fully saturated rings. The largest absolute Gasteiger partial charge is 0.339 e. The Morgan fingerprint density at radius 1 is 1.07 bits per heavy atom. The molecule has 78 valence electrons. The molecule has 2 rings (SSSR count). The van der Waals surface area contributed by atoms with Crippen molar-refractivity contribution in [2.24, 2.45) is 0 Å². The Hall–Kier alpha value is -0.130. The average Bonchev–Trinajstić information content (AvgIpc) is 2.67. The minimum absolute atomic E-state index is 0.486. The number of benzene rings is 1. The van der Waals surface area contributed by atoms with Crippen LogP contribution < -0.4 is 0 Å². The molecule has 0 unspecified atom stereocenters. The van der Waals surface area contributed by atoms with Crippen LogP contribution in [0.25, 0.3) is 11.3 Å². The van der Waals surface area contributed by atoms with E-state index in [-0.39, 0.29) is 0 Å². The summed E-state index contributed by atoms with van der Waals surface area (Å²) in [6.45, 7) is 0. The van der Waals surface area contributed by atoms with Crippen LogP contribution in [0.3, 0.4) is 0 Å². The number of alkyl halides is 3. The van der Waals surface area contributed by atoms with Crippen LogP contribution >= 0.6 is 47.8 Å². The summed E-state index contributed by atoms with van der Waals surface area (Å²) in [4.78, 5) is 7.49. The molecular weight excluding hydrogens is 388 g/mol. The van der Waals surface area contributed by atoms with Gasteiger partial charge in [0, 0.05) is 0 Å². The number of aromatic nitrogens is 2. The molecule has 0 saturated heterocycles. The number of H-pyrrole nitrogens is 1. The number of imidazole rings is 1. The van der Waals surface area contributed by atoms with Gasteiger partial charge in [0.25, 0.3) is 0 Å². The van der Waals surface area contributed by atoms with Gasteiger partial charge in [-0.25, -0.2) is 4.98 Å². The number of hydrogen-bond acceptors (Lipinski definition) is 1. The predicted octanol–water partition coefficient (Wildman–Crippen LogP) is 4.37. The lowest BCUT2D eigenvalue weighted by Gasteiger charge is -2.07. The molecule has 1 N–H and O–H groups in total. The molecule has 0 aliphatic carbocycles. The lowest BCUT2D eigenvalue weighted by molar-refractivity contribution is 1.10. The molecule has 2 aromatic rings. The van der Waals surface area contributed by atoms with Gasteiger partial charge in [-0.2, -0.15) is 0 Å². The van der Waals surface area contributed by atoms with Crippen molar-refractivity contribution in [3.63, 3.8) is 0 Å². The first kappa shape index (κ1) is 11.4. The van der Waals surface area contributed by atoms with Gasteiger partial charge in [-0.05, 0) is 5.56 Å². The van der Waals surface area contributed by atoms with Crippen molar-refractivity contribution in [3.05, 3.63) is 42.4 Å². The maximum absolute atomic E-state index is 4.27. The molecule has 2 nitrogen and oxygen atoms in total. The molecule has 0 spiro atoms. The molecule has 0 atom stereocenters. The first-order valence-electron chi connectivity index (χ1n) is 4.25. The smallest absolute Gasteiger partial charge is 0.192 e. The van der Waals surface area contributed by atoms with E-state index in [0.29, 0.717) is 0 Å². The highest BCUT2D eigenvalue weighted by Gasteiger charge is 2.24. The number of rotatable bonds is 1. The highest BCUT2D eigenvalue weighted by atomic mass is 80.0. The Labute approximate surface area is 113 Å². The molecule has 1 heterocycles. The summed E-state index contributed by atoms with van der Waals surface area (Å²) in [6, 6.07) is 10.1. The van der Waals surface area contributed by atoms with Gasteiger partial charge >= 0.3 is 0 Å². The van der Waals surface area contributed by atoms with Gasteiger partial charge in [0.1, 0.15) is 5.82 Å². The summed E-state index contributed by atoms with van der Waals surface area (Å²) < 4.78 is -0.486. The number of aromatic amines is 1. The Bertz CT molecular complexity index is 445. The summed E-state index contributed by atoms with van der Waals surface area (Å²) in [6.07, 6.45) is 1.81. The van der Waals surface area contributed by atoms with Crippen molar-refractivity contribution in [1.29, 1.82) is 0 Å². The second kappa shape index (κ2) is 4.39. The van der Waals surface area contributed by atoms with E-state index in [1.54, 1.807) is 0 Å². The van der Waals surface area contributed by atoms with Crippen molar-refractivity contribution < 1.29 is 0 Å². The Morgan fingerprint density at radius 2 is 1.73 bits per heavy atom. The second-order valence-electron chi connectivity index (χ2n) is 3.01. The van der Waals surface area contributed by atoms with Crippen molar-refractivity contribution in [3.8, 4) is 11.3 Å². The number of hydrogen-bond donors (Lipinski definition) is 1. The van der Waals surface area contributed by atoms with Crippen LogP contribution in [0.15, 0.2) is 36.5 Å². The van der Waals surface area contributed by atoms with Crippen LogP contribution in [0, 0.1) is 0 Å². The zero-order chi connectivity index (χ0) is 10.9. The van der Waals surface area contributed by atoms with Crippen LogP contribution in [0.2, 0.25) is 0 Å². The highest BCUT2D eigenvalue weighted by Crippen LogP contribution is 2.43. The first-order chi connectivity index (χ1) is 7.07. The third-order valence-corrected chi connectivity index (χ3v) is 3.06. The van der Waals surface area contributed by atoms with E-state index in [1.807, 2.05) is 36.5 Å². The fourth-order valence-electron chi connectivity index (χ4n) is 1.23. The Morgan fingerprint density at radius 3 is 2.27 bits per heavy atom. The monoisotopic (exact) mass is 392 g/mol. The molecule has 0 bridgehead atoms. The zero-order valence-corrected chi connectivity index (χ0v) is 12.3. The minimum atomic E-state index is -0.486. The van der Waals surface area contributed by atoms with E-state index in [1.165, 1.54) is 0 Å². The van der Waals surface area contributed by atoms with Gasteiger partial charge in [0.15, 0.2) is 2.14 Å². The van der Waals surface area contributed by atoms with E-state index in [2.05, 4.69) is 57.8 Å². The zero-order valence-electron chi connectivity index (χ0n) is 7.55. The third-order valence-electron chi connectivity index (χ3n) is 1.93. The van der Waals surface area contributed by atoms with Crippen LogP contribution in [0.4, 0.5) is 0 Å². The van der Waals surface area contributed by atoms with Gasteiger partial charge < -0.3 is 4.98 Å². The molecule has 0 saturated carbocycles. The molecule has 0 radical (unpaired) electrons. The van der Waals surface area contributed by atoms with Gasteiger partial charge in [-0.15, -0.1) is 0 Å². The second-order valence-corrected chi connectivity index (χ2v) is 9.77. The molecule has 1 aromatic carbocycles. The van der Waals surface area contributed by atoms with E-state index >= 15 is 0 Å². The predicted molar refractivity (Wildman–Crippen MR) is 72.5 cm³/mol. The topological polar surface area (TPSA) is 28.7 Å². The van der Waals surface area contributed by atoms with Crippen LogP contribution in [-0.2, 0) is 2.14 Å². The van der Waals surface area contributed by atoms with Crippen LogP contribution in [0.5, 0.6) is 0 Å². The fourth-order valence-corrected chi connectivity index (χ4v) is 1.83. The molecule has 0 aliphatic heterocycles. The molecular formula is C10H7Br3N2. The lowest BCUT2D eigenvalue weighted by atomic mass is 10.2. The number of nitrogens with one attached hydrogen (secondary N) is 1. The number of nitrogens with zero attached hydrogens (tertiary/aromatic N) is 1. The summed E-state index contributed by atoms with van der Waals surface area (Å²) >= 11 is 10.2. The van der Waals surface area contributed by atoms with Gasteiger partial charge in [0.2, 0.25) is 0 Å². The molecule has 5 heteroatoms. The Balaban J connectivity index is 2.37. The molecule has 0 amide bonds. The quantitative estimate of drug-likeness (QED) is 0.715. The summed E-state index contributed by atoms with van der Waals surface area (Å²) in [5, 5.41) is 0. The highest BCUT2D eigenvalue weighted by molar-refractivity contribution is 9.38. The summed E-state index contributed by atoms with van der Waals surface area (Å²) in [5.74, 6) is 0.779. The van der Waals surface area contributed by atoms with Crippen molar-refractivity contribution in [2.45, 2.75) is 2.14 Å². The molecule has 15 heavy (non-hydrogen) atoms. The summed E-state index contributed by atoms with van der Waals surface area (Å²) in [5.41, 5.74) is 2.11. The van der Waals surface area contributed by atoms with Crippen molar-refractivity contribution in [2.75, 3.05) is 0 Å².